The van der Waals surface area contributed by atoms with Crippen LogP contribution in [-0.2, 0) is 14.6 Å². The molecule has 0 bridgehead atoms. The van der Waals surface area contributed by atoms with Crippen LogP contribution in [0.15, 0.2) is 23.8 Å². The second kappa shape index (κ2) is 6.46. The Morgan fingerprint density at radius 2 is 2.23 bits per heavy atom. The van der Waals surface area contributed by atoms with Gasteiger partial charge < -0.3 is 5.32 Å². The van der Waals surface area contributed by atoms with Crippen molar-refractivity contribution in [2.24, 2.45) is 0 Å². The molecule has 0 saturated carbocycles. The molecule has 1 amide bonds. The fourth-order valence-corrected chi connectivity index (χ4v) is 4.00. The van der Waals surface area contributed by atoms with Crippen molar-refractivity contribution >= 4 is 33.4 Å². The van der Waals surface area contributed by atoms with Crippen LogP contribution < -0.4 is 5.32 Å². The van der Waals surface area contributed by atoms with E-state index < -0.39 is 27.6 Å². The molecule has 116 valence electrons. The van der Waals surface area contributed by atoms with Gasteiger partial charge in [-0.25, -0.2) is 12.8 Å². The Bertz CT molecular complexity index is 764. The Hall–Kier alpha value is -1.91. The summed E-state index contributed by atoms with van der Waals surface area (Å²) in [6.45, 7) is 0. The number of amides is 1. The first-order valence-corrected chi connectivity index (χ1v) is 8.59. The molecule has 2 rings (SSSR count). The van der Waals surface area contributed by atoms with E-state index in [9.17, 15) is 17.6 Å². The highest BCUT2D eigenvalue weighted by atomic mass is 35.5. The normalized spacial score (nSPS) is 20.4. The number of benzene rings is 1. The molecular weight excluding hydrogens is 331 g/mol. The van der Waals surface area contributed by atoms with Crippen molar-refractivity contribution in [2.75, 3.05) is 11.5 Å². The highest BCUT2D eigenvalue weighted by Gasteiger charge is 2.29. The van der Waals surface area contributed by atoms with E-state index >= 15 is 0 Å². The number of hydrogen-bond acceptors (Lipinski definition) is 4. The zero-order chi connectivity index (χ0) is 16.3. The molecule has 1 saturated heterocycles. The highest BCUT2D eigenvalue weighted by molar-refractivity contribution is 7.91. The van der Waals surface area contributed by atoms with Gasteiger partial charge in [-0.3, -0.25) is 4.79 Å². The molecule has 1 aliphatic heterocycles. The van der Waals surface area contributed by atoms with Gasteiger partial charge in [-0.1, -0.05) is 17.7 Å². The van der Waals surface area contributed by atoms with Crippen molar-refractivity contribution in [3.05, 3.63) is 40.2 Å². The Kier molecular flexibility index (Phi) is 4.84. The van der Waals surface area contributed by atoms with Gasteiger partial charge in [-0.15, -0.1) is 0 Å². The molecule has 22 heavy (non-hydrogen) atoms. The third-order valence-electron chi connectivity index (χ3n) is 3.22. The zero-order valence-corrected chi connectivity index (χ0v) is 12.9. The van der Waals surface area contributed by atoms with Crippen LogP contribution in [0, 0.1) is 17.1 Å². The molecular formula is C14H12ClFN2O3S. The summed E-state index contributed by atoms with van der Waals surface area (Å²) in [5, 5.41) is 11.6. The van der Waals surface area contributed by atoms with Crippen LogP contribution in [0.1, 0.15) is 12.0 Å². The fourth-order valence-electron chi connectivity index (χ4n) is 2.11. The van der Waals surface area contributed by atoms with Crippen LogP contribution in [0.3, 0.4) is 0 Å². The van der Waals surface area contributed by atoms with E-state index in [-0.39, 0.29) is 27.7 Å². The van der Waals surface area contributed by atoms with Crippen LogP contribution >= 0.6 is 11.6 Å². The number of halogens is 2. The topological polar surface area (TPSA) is 87.0 Å². The lowest BCUT2D eigenvalue weighted by Gasteiger charge is -2.10. The number of hydrogen-bond donors (Lipinski definition) is 1. The number of nitrogens with one attached hydrogen (secondary N) is 1. The van der Waals surface area contributed by atoms with E-state index in [1.807, 2.05) is 0 Å². The molecule has 8 heteroatoms. The number of nitriles is 1. The van der Waals surface area contributed by atoms with Gasteiger partial charge in [0.1, 0.15) is 17.5 Å². The third-order valence-corrected chi connectivity index (χ3v) is 5.32. The lowest BCUT2D eigenvalue weighted by molar-refractivity contribution is -0.117. The largest absolute Gasteiger partial charge is 0.348 e. The smallest absolute Gasteiger partial charge is 0.262 e. The van der Waals surface area contributed by atoms with Crippen LogP contribution in [0.25, 0.3) is 6.08 Å². The van der Waals surface area contributed by atoms with Crippen LogP contribution in [0.2, 0.25) is 5.02 Å². The molecule has 1 fully saturated rings. The molecule has 0 aromatic heterocycles. The summed E-state index contributed by atoms with van der Waals surface area (Å²) in [6, 6.07) is 5.14. The maximum absolute atomic E-state index is 13.7. The minimum Gasteiger partial charge on any atom is -0.348 e. The number of carbonyl (C=O) groups excluding carboxylic acids is 1. The monoisotopic (exact) mass is 342 g/mol. The standard InChI is InChI=1S/C14H12ClFN2O3S/c15-12-2-1-3-13(16)11(12)6-9(7-17)14(19)18-10-4-5-22(20,21)8-10/h1-3,6,10H,4-5,8H2,(H,18,19). The Morgan fingerprint density at radius 1 is 1.50 bits per heavy atom. The summed E-state index contributed by atoms with van der Waals surface area (Å²) in [5.74, 6) is -1.55. The van der Waals surface area contributed by atoms with Gasteiger partial charge in [0.2, 0.25) is 0 Å². The van der Waals surface area contributed by atoms with Crippen LogP contribution in [-0.4, -0.2) is 31.9 Å². The molecule has 1 unspecified atom stereocenters. The minimum atomic E-state index is -3.14. The van der Waals surface area contributed by atoms with Gasteiger partial charge in [0.15, 0.2) is 9.84 Å². The van der Waals surface area contributed by atoms with Gasteiger partial charge in [0.25, 0.3) is 5.91 Å². The quantitative estimate of drug-likeness (QED) is 0.669. The number of carbonyl (C=O) groups is 1. The van der Waals surface area contributed by atoms with Crippen LogP contribution in [0.5, 0.6) is 0 Å². The van der Waals surface area contributed by atoms with Gasteiger partial charge in [-0.05, 0) is 24.6 Å². The van der Waals surface area contributed by atoms with Crippen molar-refractivity contribution < 1.29 is 17.6 Å². The summed E-state index contributed by atoms with van der Waals surface area (Å²) in [5.41, 5.74) is -0.397. The number of rotatable bonds is 3. The molecule has 0 spiro atoms. The molecule has 1 aromatic carbocycles. The molecule has 5 nitrogen and oxygen atoms in total. The summed E-state index contributed by atoms with van der Waals surface area (Å²) in [4.78, 5) is 12.0. The maximum atomic E-state index is 13.7. The van der Waals surface area contributed by atoms with E-state index in [4.69, 9.17) is 16.9 Å². The fraction of sp³-hybridized carbons (Fsp3) is 0.286. The zero-order valence-electron chi connectivity index (χ0n) is 11.3. The average molecular weight is 343 g/mol. The van der Waals surface area contributed by atoms with Crippen molar-refractivity contribution in [3.63, 3.8) is 0 Å². The molecule has 1 heterocycles. The Labute approximate surface area is 132 Å². The lowest BCUT2D eigenvalue weighted by atomic mass is 10.1. The average Bonchev–Trinajstić information content (AvgIpc) is 2.77. The first kappa shape index (κ1) is 16.5. The second-order valence-corrected chi connectivity index (χ2v) is 7.51. The maximum Gasteiger partial charge on any atom is 0.262 e. The molecule has 1 atom stereocenters. The molecule has 1 aliphatic rings. The van der Waals surface area contributed by atoms with Gasteiger partial charge in [0, 0.05) is 11.6 Å². The van der Waals surface area contributed by atoms with Crippen LogP contribution in [0.4, 0.5) is 4.39 Å². The van der Waals surface area contributed by atoms with E-state index in [1.54, 1.807) is 6.07 Å². The third kappa shape index (κ3) is 3.84. The summed E-state index contributed by atoms with van der Waals surface area (Å²) in [7, 11) is -3.14. The van der Waals surface area contributed by atoms with Crippen molar-refractivity contribution in [1.29, 1.82) is 5.26 Å². The summed E-state index contributed by atoms with van der Waals surface area (Å²) < 4.78 is 36.4. The Balaban J connectivity index is 2.20. The number of nitrogens with zero attached hydrogens (tertiary/aromatic N) is 1. The van der Waals surface area contributed by atoms with E-state index in [1.165, 1.54) is 12.1 Å². The number of sulfone groups is 1. The molecule has 0 aliphatic carbocycles. The van der Waals surface area contributed by atoms with E-state index in [2.05, 4.69) is 5.32 Å². The van der Waals surface area contributed by atoms with Crippen molar-refractivity contribution in [2.45, 2.75) is 12.5 Å². The van der Waals surface area contributed by atoms with E-state index in [0.717, 1.165) is 12.1 Å². The van der Waals surface area contributed by atoms with Gasteiger partial charge in [-0.2, -0.15) is 5.26 Å². The van der Waals surface area contributed by atoms with Gasteiger partial charge in [0.05, 0.1) is 16.5 Å². The minimum absolute atomic E-state index is 0.00267. The SMILES string of the molecule is N#CC(=Cc1c(F)cccc1Cl)C(=O)NC1CCS(=O)(=O)C1. The predicted molar refractivity (Wildman–Crippen MR) is 80.2 cm³/mol. The van der Waals surface area contributed by atoms with E-state index in [0.29, 0.717) is 6.42 Å². The predicted octanol–water partition coefficient (Wildman–Crippen LogP) is 1.69. The first-order valence-electron chi connectivity index (χ1n) is 6.39. The van der Waals surface area contributed by atoms with Gasteiger partial charge >= 0.3 is 0 Å². The summed E-state index contributed by atoms with van der Waals surface area (Å²) >= 11 is 5.84. The van der Waals surface area contributed by atoms with Crippen molar-refractivity contribution in [3.8, 4) is 6.07 Å². The molecule has 1 aromatic rings. The second-order valence-electron chi connectivity index (χ2n) is 4.88. The highest BCUT2D eigenvalue weighted by Crippen LogP contribution is 2.22. The Morgan fingerprint density at radius 3 is 2.77 bits per heavy atom. The molecule has 1 N–H and O–H groups in total. The summed E-state index contributed by atoms with van der Waals surface area (Å²) in [6.07, 6.45) is 1.35. The molecule has 0 radical (unpaired) electrons. The van der Waals surface area contributed by atoms with Crippen molar-refractivity contribution in [1.82, 2.24) is 5.32 Å². The lowest BCUT2D eigenvalue weighted by Crippen LogP contribution is -2.36. The first-order chi connectivity index (χ1) is 10.3.